The molecule has 0 bridgehead atoms. The van der Waals surface area contributed by atoms with Gasteiger partial charge in [-0.3, -0.25) is 0 Å². The fraction of sp³-hybridized carbons (Fsp3) is 0. The molecule has 0 unspecified atom stereocenters. The van der Waals surface area contributed by atoms with Crippen LogP contribution >= 0.6 is 0 Å². The first kappa shape index (κ1) is 7.53. The Hall–Kier alpha value is -2.11. The summed E-state index contributed by atoms with van der Waals surface area (Å²) in [6, 6.07) is 5.41. The summed E-state index contributed by atoms with van der Waals surface area (Å²) in [7, 11) is 0. The average Bonchev–Trinajstić information content (AvgIpc) is 2.47. The van der Waals surface area contributed by atoms with E-state index in [1.165, 1.54) is 4.68 Å². The van der Waals surface area contributed by atoms with Crippen molar-refractivity contribution in [3.63, 3.8) is 0 Å². The largest absolute Gasteiger partial charge is 0.368 e. The van der Waals surface area contributed by atoms with Crippen LogP contribution in [-0.4, -0.2) is 19.7 Å². The van der Waals surface area contributed by atoms with Crippen molar-refractivity contribution in [3.8, 4) is 5.82 Å². The zero-order chi connectivity index (χ0) is 9.26. The molecule has 0 aliphatic rings. The van der Waals surface area contributed by atoms with Crippen molar-refractivity contribution >= 4 is 11.9 Å². The lowest BCUT2D eigenvalue weighted by molar-refractivity contribution is 0.861. The summed E-state index contributed by atoms with van der Waals surface area (Å²) >= 11 is 0. The maximum Gasteiger partial charge on any atom is 0.241 e. The fourth-order valence-electron chi connectivity index (χ4n) is 0.988. The van der Waals surface area contributed by atoms with Gasteiger partial charge in [-0.2, -0.15) is 9.67 Å². The molecular weight excluding hydrogens is 168 g/mol. The molecule has 0 amide bonds. The standard InChI is InChI=1S/C7H8N6/c8-6-11-7(9)13(12-6)5-3-1-2-4-10-5/h1-4H,(H4,8,9,11,12). The second-order valence-corrected chi connectivity index (χ2v) is 2.43. The third-order valence-corrected chi connectivity index (χ3v) is 1.51. The molecule has 0 aliphatic carbocycles. The lowest BCUT2D eigenvalue weighted by Crippen LogP contribution is -2.03. The Morgan fingerprint density at radius 1 is 1.23 bits per heavy atom. The van der Waals surface area contributed by atoms with Crippen molar-refractivity contribution in [1.82, 2.24) is 19.7 Å². The number of aromatic nitrogens is 4. The van der Waals surface area contributed by atoms with E-state index in [1.54, 1.807) is 18.3 Å². The van der Waals surface area contributed by atoms with Crippen molar-refractivity contribution < 1.29 is 0 Å². The summed E-state index contributed by atoms with van der Waals surface area (Å²) in [5, 5.41) is 3.88. The van der Waals surface area contributed by atoms with Crippen LogP contribution in [0.2, 0.25) is 0 Å². The zero-order valence-corrected chi connectivity index (χ0v) is 6.75. The molecule has 0 spiro atoms. The van der Waals surface area contributed by atoms with Gasteiger partial charge in [-0.1, -0.05) is 6.07 Å². The van der Waals surface area contributed by atoms with Crippen LogP contribution in [0.3, 0.4) is 0 Å². The van der Waals surface area contributed by atoms with Crippen molar-refractivity contribution in [3.05, 3.63) is 24.4 Å². The first-order chi connectivity index (χ1) is 6.27. The van der Waals surface area contributed by atoms with E-state index in [4.69, 9.17) is 11.5 Å². The smallest absolute Gasteiger partial charge is 0.241 e. The minimum atomic E-state index is 0.142. The van der Waals surface area contributed by atoms with E-state index in [9.17, 15) is 0 Å². The van der Waals surface area contributed by atoms with Gasteiger partial charge in [-0.05, 0) is 12.1 Å². The van der Waals surface area contributed by atoms with Crippen LogP contribution in [0, 0.1) is 0 Å². The monoisotopic (exact) mass is 176 g/mol. The molecule has 0 atom stereocenters. The van der Waals surface area contributed by atoms with E-state index >= 15 is 0 Å². The van der Waals surface area contributed by atoms with E-state index in [-0.39, 0.29) is 11.9 Å². The Morgan fingerprint density at radius 3 is 2.62 bits per heavy atom. The topological polar surface area (TPSA) is 95.6 Å². The zero-order valence-electron chi connectivity index (χ0n) is 6.75. The molecule has 0 aliphatic heterocycles. The molecule has 0 saturated carbocycles. The lowest BCUT2D eigenvalue weighted by atomic mass is 10.5. The number of anilines is 2. The summed E-state index contributed by atoms with van der Waals surface area (Å²) in [6.07, 6.45) is 1.65. The number of rotatable bonds is 1. The van der Waals surface area contributed by atoms with E-state index in [1.807, 2.05) is 6.07 Å². The molecule has 0 radical (unpaired) electrons. The summed E-state index contributed by atoms with van der Waals surface area (Å²) in [6.45, 7) is 0. The van der Waals surface area contributed by atoms with Crippen molar-refractivity contribution in [2.45, 2.75) is 0 Å². The Bertz CT molecular complexity index is 406. The van der Waals surface area contributed by atoms with E-state index in [0.29, 0.717) is 5.82 Å². The van der Waals surface area contributed by atoms with Gasteiger partial charge in [0.25, 0.3) is 0 Å². The molecule has 0 saturated heterocycles. The van der Waals surface area contributed by atoms with Gasteiger partial charge < -0.3 is 11.5 Å². The van der Waals surface area contributed by atoms with E-state index in [2.05, 4.69) is 15.1 Å². The Labute approximate surface area is 74.2 Å². The number of hydrogen-bond donors (Lipinski definition) is 2. The maximum absolute atomic E-state index is 5.54. The Kier molecular flexibility index (Phi) is 1.59. The minimum absolute atomic E-state index is 0.142. The van der Waals surface area contributed by atoms with Crippen LogP contribution in [0.5, 0.6) is 0 Å². The molecule has 6 nitrogen and oxygen atoms in total. The second kappa shape index (κ2) is 2.74. The van der Waals surface area contributed by atoms with Crippen LogP contribution in [0.25, 0.3) is 5.82 Å². The van der Waals surface area contributed by atoms with E-state index < -0.39 is 0 Å². The normalized spacial score (nSPS) is 10.2. The first-order valence-electron chi connectivity index (χ1n) is 3.67. The number of nitrogens with two attached hydrogens (primary N) is 2. The third-order valence-electron chi connectivity index (χ3n) is 1.51. The van der Waals surface area contributed by atoms with Crippen molar-refractivity contribution in [2.24, 2.45) is 0 Å². The summed E-state index contributed by atoms with van der Waals surface area (Å²) in [4.78, 5) is 7.80. The highest BCUT2D eigenvalue weighted by Gasteiger charge is 2.05. The van der Waals surface area contributed by atoms with Crippen molar-refractivity contribution in [1.29, 1.82) is 0 Å². The molecule has 2 aromatic heterocycles. The SMILES string of the molecule is Nc1nc(N)n(-c2ccccn2)n1. The van der Waals surface area contributed by atoms with Gasteiger partial charge in [-0.15, -0.1) is 5.10 Å². The van der Waals surface area contributed by atoms with Gasteiger partial charge in [0, 0.05) is 6.20 Å². The average molecular weight is 176 g/mol. The molecule has 6 heteroatoms. The minimum Gasteiger partial charge on any atom is -0.368 e. The van der Waals surface area contributed by atoms with Crippen LogP contribution in [0.4, 0.5) is 11.9 Å². The number of hydrogen-bond acceptors (Lipinski definition) is 5. The summed E-state index contributed by atoms with van der Waals surface area (Å²) in [5.41, 5.74) is 10.9. The van der Waals surface area contributed by atoms with Crippen LogP contribution in [0.1, 0.15) is 0 Å². The lowest BCUT2D eigenvalue weighted by Gasteiger charge is -1.98. The molecular formula is C7H8N6. The Morgan fingerprint density at radius 2 is 2.08 bits per heavy atom. The molecule has 66 valence electrons. The highest BCUT2D eigenvalue weighted by Crippen LogP contribution is 2.08. The predicted octanol–water partition coefficient (Wildman–Crippen LogP) is -0.173. The highest BCUT2D eigenvalue weighted by atomic mass is 15.4. The van der Waals surface area contributed by atoms with Crippen LogP contribution in [0.15, 0.2) is 24.4 Å². The summed E-state index contributed by atoms with van der Waals surface area (Å²) in [5.74, 6) is 0.976. The third kappa shape index (κ3) is 1.28. The number of nitrogens with zero attached hydrogens (tertiary/aromatic N) is 4. The van der Waals surface area contributed by atoms with Gasteiger partial charge >= 0.3 is 0 Å². The van der Waals surface area contributed by atoms with Gasteiger partial charge in [0.15, 0.2) is 5.82 Å². The summed E-state index contributed by atoms with van der Waals surface area (Å²) < 4.78 is 1.38. The Balaban J connectivity index is 2.53. The highest BCUT2D eigenvalue weighted by molar-refractivity contribution is 5.35. The second-order valence-electron chi connectivity index (χ2n) is 2.43. The molecule has 2 rings (SSSR count). The van der Waals surface area contributed by atoms with E-state index in [0.717, 1.165) is 0 Å². The van der Waals surface area contributed by atoms with Gasteiger partial charge in [0.05, 0.1) is 0 Å². The molecule has 13 heavy (non-hydrogen) atoms. The van der Waals surface area contributed by atoms with Gasteiger partial charge in [0.2, 0.25) is 11.9 Å². The number of pyridine rings is 1. The fourth-order valence-corrected chi connectivity index (χ4v) is 0.988. The van der Waals surface area contributed by atoms with Gasteiger partial charge in [0.1, 0.15) is 0 Å². The molecule has 4 N–H and O–H groups in total. The van der Waals surface area contributed by atoms with Crippen molar-refractivity contribution in [2.75, 3.05) is 11.5 Å². The molecule has 0 fully saturated rings. The molecule has 2 aromatic rings. The predicted molar refractivity (Wildman–Crippen MR) is 48.0 cm³/mol. The first-order valence-corrected chi connectivity index (χ1v) is 3.67. The maximum atomic E-state index is 5.54. The van der Waals surface area contributed by atoms with Gasteiger partial charge in [-0.25, -0.2) is 4.98 Å². The van der Waals surface area contributed by atoms with Crippen LogP contribution in [-0.2, 0) is 0 Å². The quantitative estimate of drug-likeness (QED) is 0.628. The van der Waals surface area contributed by atoms with Crippen LogP contribution < -0.4 is 11.5 Å². The molecule has 0 aromatic carbocycles. The number of nitrogen functional groups attached to an aromatic ring is 2. The molecule has 2 heterocycles.